The zero-order valence-electron chi connectivity index (χ0n) is 14.9. The molecule has 0 unspecified atom stereocenters. The number of alkyl halides is 3. The van der Waals surface area contributed by atoms with Gasteiger partial charge in [0.15, 0.2) is 0 Å². The molecular weight excluding hydrogens is 391 g/mol. The van der Waals surface area contributed by atoms with Gasteiger partial charge in [-0.3, -0.25) is 4.90 Å². The van der Waals surface area contributed by atoms with Crippen molar-refractivity contribution >= 4 is 10.0 Å². The van der Waals surface area contributed by atoms with Crippen molar-refractivity contribution in [1.29, 1.82) is 5.26 Å². The minimum atomic E-state index is -4.74. The van der Waals surface area contributed by atoms with Crippen LogP contribution in [-0.2, 0) is 22.7 Å². The lowest BCUT2D eigenvalue weighted by Crippen LogP contribution is -2.48. The van der Waals surface area contributed by atoms with Crippen molar-refractivity contribution in [2.75, 3.05) is 26.2 Å². The average Bonchev–Trinajstić information content (AvgIpc) is 2.68. The molecule has 2 aromatic carbocycles. The van der Waals surface area contributed by atoms with E-state index in [4.69, 9.17) is 5.26 Å². The van der Waals surface area contributed by atoms with Gasteiger partial charge in [0.25, 0.3) is 0 Å². The van der Waals surface area contributed by atoms with Gasteiger partial charge in [0.2, 0.25) is 10.0 Å². The lowest BCUT2D eigenvalue weighted by Gasteiger charge is -2.34. The number of hydrogen-bond donors (Lipinski definition) is 0. The molecule has 0 spiro atoms. The second-order valence-electron chi connectivity index (χ2n) is 6.44. The van der Waals surface area contributed by atoms with Gasteiger partial charge < -0.3 is 0 Å². The molecule has 0 radical (unpaired) electrons. The first-order valence-electron chi connectivity index (χ1n) is 8.60. The molecule has 0 aromatic heterocycles. The quantitative estimate of drug-likeness (QED) is 0.779. The van der Waals surface area contributed by atoms with Crippen LogP contribution in [0.2, 0.25) is 0 Å². The maximum Gasteiger partial charge on any atom is 0.417 e. The van der Waals surface area contributed by atoms with Crippen LogP contribution in [0.4, 0.5) is 13.2 Å². The van der Waals surface area contributed by atoms with Crippen LogP contribution in [0.15, 0.2) is 53.4 Å². The van der Waals surface area contributed by atoms with Crippen molar-refractivity contribution in [2.45, 2.75) is 17.6 Å². The Kier molecular flexibility index (Phi) is 5.74. The fourth-order valence-corrected chi connectivity index (χ4v) is 4.84. The summed E-state index contributed by atoms with van der Waals surface area (Å²) in [5.41, 5.74) is 0.237. The minimum Gasteiger partial charge on any atom is -0.296 e. The smallest absolute Gasteiger partial charge is 0.296 e. The molecule has 1 saturated heterocycles. The van der Waals surface area contributed by atoms with E-state index in [1.807, 2.05) is 17.0 Å². The molecule has 148 valence electrons. The van der Waals surface area contributed by atoms with Crippen LogP contribution in [-0.4, -0.2) is 43.8 Å². The molecule has 0 aliphatic carbocycles. The summed E-state index contributed by atoms with van der Waals surface area (Å²) in [5.74, 6) is 0. The van der Waals surface area contributed by atoms with Gasteiger partial charge in [-0.25, -0.2) is 8.42 Å². The molecule has 28 heavy (non-hydrogen) atoms. The Balaban J connectivity index is 1.74. The van der Waals surface area contributed by atoms with Gasteiger partial charge in [0.05, 0.1) is 22.1 Å². The summed E-state index contributed by atoms with van der Waals surface area (Å²) >= 11 is 0. The molecular formula is C19H18F3N3O2S. The lowest BCUT2D eigenvalue weighted by atomic mass is 10.1. The van der Waals surface area contributed by atoms with E-state index in [0.29, 0.717) is 25.2 Å². The predicted octanol–water partition coefficient (Wildman–Crippen LogP) is 3.08. The Morgan fingerprint density at radius 3 is 2.21 bits per heavy atom. The van der Waals surface area contributed by atoms with E-state index in [1.54, 1.807) is 12.1 Å². The molecule has 2 aromatic rings. The zero-order chi connectivity index (χ0) is 20.4. The first-order chi connectivity index (χ1) is 13.2. The lowest BCUT2D eigenvalue weighted by molar-refractivity contribution is -0.139. The number of piperazine rings is 1. The highest BCUT2D eigenvalue weighted by molar-refractivity contribution is 7.89. The SMILES string of the molecule is N#Cc1ccccc1CN1CCN(S(=O)(=O)c2ccccc2C(F)(F)F)CC1. The van der Waals surface area contributed by atoms with Crippen LogP contribution < -0.4 is 0 Å². The topological polar surface area (TPSA) is 64.4 Å². The van der Waals surface area contributed by atoms with Crippen molar-refractivity contribution in [3.63, 3.8) is 0 Å². The molecule has 0 saturated carbocycles. The first-order valence-corrected chi connectivity index (χ1v) is 10.0. The largest absolute Gasteiger partial charge is 0.417 e. The third-order valence-corrected chi connectivity index (χ3v) is 6.63. The number of nitrogens with zero attached hydrogens (tertiary/aromatic N) is 3. The molecule has 1 heterocycles. The van der Waals surface area contributed by atoms with Gasteiger partial charge in [-0.15, -0.1) is 0 Å². The van der Waals surface area contributed by atoms with E-state index in [2.05, 4.69) is 6.07 Å². The predicted molar refractivity (Wildman–Crippen MR) is 96.6 cm³/mol. The van der Waals surface area contributed by atoms with E-state index < -0.39 is 26.7 Å². The van der Waals surface area contributed by atoms with Gasteiger partial charge in [-0.1, -0.05) is 30.3 Å². The van der Waals surface area contributed by atoms with Crippen molar-refractivity contribution in [3.05, 3.63) is 65.2 Å². The normalized spacial score (nSPS) is 16.6. The third kappa shape index (κ3) is 4.19. The van der Waals surface area contributed by atoms with E-state index in [9.17, 15) is 21.6 Å². The van der Waals surface area contributed by atoms with Crippen LogP contribution in [0.3, 0.4) is 0 Å². The number of halogens is 3. The molecule has 0 bridgehead atoms. The summed E-state index contributed by atoms with van der Waals surface area (Å²) < 4.78 is 66.3. The summed E-state index contributed by atoms with van der Waals surface area (Å²) in [4.78, 5) is 1.27. The average molecular weight is 409 g/mol. The van der Waals surface area contributed by atoms with Gasteiger partial charge >= 0.3 is 6.18 Å². The van der Waals surface area contributed by atoms with E-state index in [0.717, 1.165) is 22.0 Å². The Morgan fingerprint density at radius 1 is 0.964 bits per heavy atom. The molecule has 1 fully saturated rings. The Morgan fingerprint density at radius 2 is 1.57 bits per heavy atom. The number of hydrogen-bond acceptors (Lipinski definition) is 4. The van der Waals surface area contributed by atoms with Crippen molar-refractivity contribution in [1.82, 2.24) is 9.21 Å². The monoisotopic (exact) mass is 409 g/mol. The fraction of sp³-hybridized carbons (Fsp3) is 0.316. The second-order valence-corrected chi connectivity index (χ2v) is 8.35. The van der Waals surface area contributed by atoms with Crippen molar-refractivity contribution in [3.8, 4) is 6.07 Å². The fourth-order valence-electron chi connectivity index (χ4n) is 3.20. The number of sulfonamides is 1. The summed E-state index contributed by atoms with van der Waals surface area (Å²) in [7, 11) is -4.25. The van der Waals surface area contributed by atoms with Gasteiger partial charge in [-0.2, -0.15) is 22.7 Å². The van der Waals surface area contributed by atoms with Crippen molar-refractivity contribution < 1.29 is 21.6 Å². The van der Waals surface area contributed by atoms with Crippen LogP contribution in [0.5, 0.6) is 0 Å². The second kappa shape index (κ2) is 7.91. The molecule has 5 nitrogen and oxygen atoms in total. The first kappa shape index (κ1) is 20.3. The molecule has 0 amide bonds. The highest BCUT2D eigenvalue weighted by Crippen LogP contribution is 2.35. The number of rotatable bonds is 4. The molecule has 1 aliphatic heterocycles. The maximum absolute atomic E-state index is 13.2. The zero-order valence-corrected chi connectivity index (χ0v) is 15.7. The number of nitriles is 1. The molecule has 9 heteroatoms. The van der Waals surface area contributed by atoms with Crippen LogP contribution in [0, 0.1) is 11.3 Å². The van der Waals surface area contributed by atoms with Gasteiger partial charge in [0, 0.05) is 32.7 Å². The summed E-state index contributed by atoms with van der Waals surface area (Å²) in [6, 6.07) is 13.5. The molecule has 0 atom stereocenters. The van der Waals surface area contributed by atoms with Crippen LogP contribution in [0.25, 0.3) is 0 Å². The van der Waals surface area contributed by atoms with E-state index >= 15 is 0 Å². The van der Waals surface area contributed by atoms with Gasteiger partial charge in [-0.05, 0) is 23.8 Å². The summed E-state index contributed by atoms with van der Waals surface area (Å²) in [6.45, 7) is 1.39. The molecule has 3 rings (SSSR count). The van der Waals surface area contributed by atoms with E-state index in [-0.39, 0.29) is 13.1 Å². The Hall–Kier alpha value is -2.41. The number of benzene rings is 2. The summed E-state index contributed by atoms with van der Waals surface area (Å²) in [6.07, 6.45) is -4.74. The Labute approximate surface area is 161 Å². The van der Waals surface area contributed by atoms with E-state index in [1.165, 1.54) is 12.1 Å². The van der Waals surface area contributed by atoms with Crippen LogP contribution in [0.1, 0.15) is 16.7 Å². The highest BCUT2D eigenvalue weighted by Gasteiger charge is 2.39. The van der Waals surface area contributed by atoms with Crippen LogP contribution >= 0.6 is 0 Å². The molecule has 0 N–H and O–H groups in total. The summed E-state index contributed by atoms with van der Waals surface area (Å²) in [5, 5.41) is 9.17. The Bertz CT molecular complexity index is 992. The standard InChI is InChI=1S/C19H18F3N3O2S/c20-19(21,22)17-7-3-4-8-18(17)28(26,27)25-11-9-24(10-12-25)14-16-6-2-1-5-15(16)13-23/h1-8H,9-12,14H2. The highest BCUT2D eigenvalue weighted by atomic mass is 32.2. The minimum absolute atomic E-state index is 0.0866. The molecule has 1 aliphatic rings. The maximum atomic E-state index is 13.2. The van der Waals surface area contributed by atoms with Crippen molar-refractivity contribution in [2.24, 2.45) is 0 Å². The van der Waals surface area contributed by atoms with Gasteiger partial charge in [0.1, 0.15) is 0 Å². The third-order valence-electron chi connectivity index (χ3n) is 4.67.